The number of Topliss-reactive ketones (excluding diaryl/α,β-unsaturated/α-hetero) is 1. The van der Waals surface area contributed by atoms with E-state index >= 15 is 0 Å². The Morgan fingerprint density at radius 1 is 1.07 bits per heavy atom. The Bertz CT molecular complexity index is 921. The van der Waals surface area contributed by atoms with Crippen LogP contribution < -0.4 is 9.47 Å². The maximum absolute atomic E-state index is 13.5. The maximum Gasteiger partial charge on any atom is 0.277 e. The number of benzene rings is 1. The Balaban J connectivity index is 1.30. The van der Waals surface area contributed by atoms with Crippen molar-refractivity contribution < 1.29 is 18.7 Å². The highest BCUT2D eigenvalue weighted by molar-refractivity contribution is 8.00. The van der Waals surface area contributed by atoms with Crippen molar-refractivity contribution in [1.82, 2.24) is 10.2 Å². The smallest absolute Gasteiger partial charge is 0.277 e. The minimum atomic E-state index is -0.181. The van der Waals surface area contributed by atoms with Crippen LogP contribution in [0.3, 0.4) is 0 Å². The number of ketones is 1. The fraction of sp³-hybridized carbons (Fsp3) is 0.609. The van der Waals surface area contributed by atoms with Gasteiger partial charge in [0.05, 0.1) is 19.5 Å². The summed E-state index contributed by atoms with van der Waals surface area (Å²) >= 11 is 1.39. The van der Waals surface area contributed by atoms with Crippen molar-refractivity contribution in [1.29, 1.82) is 0 Å². The first-order chi connectivity index (χ1) is 14.5. The largest absolute Gasteiger partial charge is 0.493 e. The summed E-state index contributed by atoms with van der Waals surface area (Å²) < 4.78 is 16.5. The molecule has 4 aliphatic rings. The van der Waals surface area contributed by atoms with E-state index in [0.29, 0.717) is 28.4 Å². The fourth-order valence-corrected chi connectivity index (χ4v) is 7.27. The zero-order chi connectivity index (χ0) is 20.9. The quantitative estimate of drug-likeness (QED) is 0.573. The van der Waals surface area contributed by atoms with Crippen LogP contribution in [0.5, 0.6) is 11.5 Å². The van der Waals surface area contributed by atoms with Crippen molar-refractivity contribution in [2.24, 2.45) is 23.2 Å². The monoisotopic (exact) mass is 428 g/mol. The zero-order valence-corrected chi connectivity index (χ0v) is 18.5. The Morgan fingerprint density at radius 3 is 2.30 bits per heavy atom. The summed E-state index contributed by atoms with van der Waals surface area (Å²) in [5.41, 5.74) is 0.653. The molecule has 30 heavy (non-hydrogen) atoms. The van der Waals surface area contributed by atoms with Crippen LogP contribution in [0.25, 0.3) is 11.5 Å². The molecule has 0 aliphatic heterocycles. The molecule has 2 aromatic rings. The second kappa shape index (κ2) is 7.59. The summed E-state index contributed by atoms with van der Waals surface area (Å²) in [6.07, 6.45) is 7.28. The lowest BCUT2D eigenvalue weighted by molar-refractivity contribution is -0.143. The highest BCUT2D eigenvalue weighted by Gasteiger charge is 2.55. The predicted octanol–water partition coefficient (Wildman–Crippen LogP) is 5.02. The molecule has 160 valence electrons. The van der Waals surface area contributed by atoms with Gasteiger partial charge in [0.2, 0.25) is 5.89 Å². The van der Waals surface area contributed by atoms with E-state index in [9.17, 15) is 4.79 Å². The zero-order valence-electron chi connectivity index (χ0n) is 17.7. The third-order valence-corrected chi connectivity index (χ3v) is 8.18. The normalized spacial score (nSPS) is 30.3. The van der Waals surface area contributed by atoms with Crippen molar-refractivity contribution in [3.05, 3.63) is 18.2 Å². The number of methoxy groups -OCH3 is 2. The second-order valence-corrected chi connectivity index (χ2v) is 10.6. The van der Waals surface area contributed by atoms with E-state index in [0.717, 1.165) is 42.6 Å². The molecule has 0 radical (unpaired) electrons. The Labute approximate surface area is 181 Å². The van der Waals surface area contributed by atoms with Gasteiger partial charge in [0.25, 0.3) is 5.22 Å². The first-order valence-electron chi connectivity index (χ1n) is 10.8. The molecule has 6 rings (SSSR count). The van der Waals surface area contributed by atoms with Gasteiger partial charge in [-0.15, -0.1) is 10.2 Å². The lowest BCUT2D eigenvalue weighted by atomic mass is 9.48. The van der Waals surface area contributed by atoms with Gasteiger partial charge in [-0.2, -0.15) is 0 Å². The third-order valence-electron chi connectivity index (χ3n) is 7.24. The van der Waals surface area contributed by atoms with Gasteiger partial charge in [-0.3, -0.25) is 4.79 Å². The summed E-state index contributed by atoms with van der Waals surface area (Å²) in [5, 5.41) is 8.61. The average molecular weight is 429 g/mol. The van der Waals surface area contributed by atoms with Gasteiger partial charge in [-0.05, 0) is 81.4 Å². The van der Waals surface area contributed by atoms with E-state index in [-0.39, 0.29) is 10.7 Å². The van der Waals surface area contributed by atoms with Crippen LogP contribution in [0.1, 0.15) is 45.4 Å². The molecule has 4 aliphatic carbocycles. The first-order valence-corrected chi connectivity index (χ1v) is 11.6. The van der Waals surface area contributed by atoms with Crippen molar-refractivity contribution in [3.63, 3.8) is 0 Å². The number of rotatable bonds is 7. The third kappa shape index (κ3) is 3.41. The second-order valence-electron chi connectivity index (χ2n) is 9.27. The first kappa shape index (κ1) is 19.9. The number of aromatic nitrogens is 2. The molecule has 1 aromatic carbocycles. The molecule has 7 heteroatoms. The molecule has 4 fully saturated rings. The minimum absolute atomic E-state index is 0.104. The van der Waals surface area contributed by atoms with Crippen LogP contribution in [-0.4, -0.2) is 35.5 Å². The van der Waals surface area contributed by atoms with Gasteiger partial charge in [0.15, 0.2) is 17.3 Å². The summed E-state index contributed by atoms with van der Waals surface area (Å²) in [6.45, 7) is 1.99. The molecule has 0 saturated heterocycles. The van der Waals surface area contributed by atoms with E-state index in [1.807, 2.05) is 25.1 Å². The van der Waals surface area contributed by atoms with Gasteiger partial charge < -0.3 is 13.9 Å². The molecule has 6 nitrogen and oxygen atoms in total. The van der Waals surface area contributed by atoms with Crippen LogP contribution in [0, 0.1) is 23.2 Å². The summed E-state index contributed by atoms with van der Waals surface area (Å²) in [7, 11) is 3.19. The van der Waals surface area contributed by atoms with Crippen LogP contribution in [0.15, 0.2) is 27.8 Å². The molecule has 4 saturated carbocycles. The molecule has 1 unspecified atom stereocenters. The van der Waals surface area contributed by atoms with Gasteiger partial charge in [0, 0.05) is 11.0 Å². The minimum Gasteiger partial charge on any atom is -0.493 e. The lowest BCUT2D eigenvalue weighted by Crippen LogP contribution is -2.51. The molecule has 1 atom stereocenters. The van der Waals surface area contributed by atoms with Gasteiger partial charge in [0.1, 0.15) is 0 Å². The summed E-state index contributed by atoms with van der Waals surface area (Å²) in [6, 6.07) is 5.47. The van der Waals surface area contributed by atoms with Gasteiger partial charge in [-0.25, -0.2) is 0 Å². The highest BCUT2D eigenvalue weighted by atomic mass is 32.2. The van der Waals surface area contributed by atoms with E-state index in [2.05, 4.69) is 10.2 Å². The van der Waals surface area contributed by atoms with Crippen molar-refractivity contribution in [2.75, 3.05) is 14.2 Å². The molecule has 0 amide bonds. The van der Waals surface area contributed by atoms with Crippen LogP contribution in [0.4, 0.5) is 0 Å². The molecular weight excluding hydrogens is 400 g/mol. The van der Waals surface area contributed by atoms with Gasteiger partial charge in [-0.1, -0.05) is 11.8 Å². The number of ether oxygens (including phenoxy) is 2. The fourth-order valence-electron chi connectivity index (χ4n) is 6.39. The van der Waals surface area contributed by atoms with Crippen molar-refractivity contribution in [3.8, 4) is 23.0 Å². The van der Waals surface area contributed by atoms with Crippen LogP contribution >= 0.6 is 11.8 Å². The number of hydrogen-bond acceptors (Lipinski definition) is 7. The topological polar surface area (TPSA) is 74.5 Å². The average Bonchev–Trinajstić information content (AvgIpc) is 3.20. The molecule has 0 N–H and O–H groups in total. The van der Waals surface area contributed by atoms with E-state index in [1.54, 1.807) is 14.2 Å². The lowest BCUT2D eigenvalue weighted by Gasteiger charge is -2.56. The van der Waals surface area contributed by atoms with Crippen molar-refractivity contribution in [2.45, 2.75) is 55.9 Å². The van der Waals surface area contributed by atoms with Crippen LogP contribution in [0.2, 0.25) is 0 Å². The Hall–Kier alpha value is -2.02. The number of hydrogen-bond donors (Lipinski definition) is 0. The standard InChI is InChI=1S/C23H28N2O4S/c1-13(20(26)23-10-14-6-15(11-23)8-16(7-14)12-23)30-22-25-24-21(29-22)17-4-5-18(27-2)19(9-17)28-3/h4-5,9,13-16H,6-8,10-12H2,1-3H3. The van der Waals surface area contributed by atoms with E-state index in [1.165, 1.54) is 31.0 Å². The number of thioether (sulfide) groups is 1. The number of nitrogens with zero attached hydrogens (tertiary/aromatic N) is 2. The predicted molar refractivity (Wildman–Crippen MR) is 114 cm³/mol. The molecule has 0 spiro atoms. The Morgan fingerprint density at radius 2 is 1.70 bits per heavy atom. The van der Waals surface area contributed by atoms with E-state index < -0.39 is 0 Å². The molecule has 1 heterocycles. The molecule has 1 aromatic heterocycles. The SMILES string of the molecule is COc1ccc(-c2nnc(SC(C)C(=O)C34CC5CC(CC(C5)C3)C4)o2)cc1OC. The van der Waals surface area contributed by atoms with Gasteiger partial charge >= 0.3 is 0 Å². The Kier molecular flexibility index (Phi) is 5.04. The molecule has 4 bridgehead atoms. The highest BCUT2D eigenvalue weighted by Crippen LogP contribution is 2.61. The number of carbonyl (C=O) groups excluding carboxylic acids is 1. The number of carbonyl (C=O) groups is 1. The van der Waals surface area contributed by atoms with E-state index in [4.69, 9.17) is 13.9 Å². The summed E-state index contributed by atoms with van der Waals surface area (Å²) in [5.74, 6) is 4.33. The molecular formula is C23H28N2O4S. The maximum atomic E-state index is 13.5. The van der Waals surface area contributed by atoms with Crippen molar-refractivity contribution >= 4 is 17.5 Å². The van der Waals surface area contributed by atoms with Crippen LogP contribution in [-0.2, 0) is 4.79 Å². The summed E-state index contributed by atoms with van der Waals surface area (Å²) in [4.78, 5) is 13.5.